The number of hydrogen-bond acceptors (Lipinski definition) is 5. The summed E-state index contributed by atoms with van der Waals surface area (Å²) in [7, 11) is 0. The van der Waals surface area contributed by atoms with E-state index in [4.69, 9.17) is 4.52 Å². The molecular weight excluding hydrogens is 242 g/mol. The standard InChI is InChI=1S/C13H21N5O/c1-9(2)13-16-12(19-17-13)8-18-6-5-14-11(18)7-15-10(3)4/h5-6,9-10,15H,7-8H2,1-4H3. The molecule has 0 unspecified atom stereocenters. The molecule has 0 radical (unpaired) electrons. The molecule has 0 aliphatic carbocycles. The van der Waals surface area contributed by atoms with E-state index >= 15 is 0 Å². The molecule has 2 rings (SSSR count). The second kappa shape index (κ2) is 5.97. The van der Waals surface area contributed by atoms with Gasteiger partial charge in [0.25, 0.3) is 0 Å². The molecule has 2 aromatic rings. The fourth-order valence-electron chi connectivity index (χ4n) is 1.66. The van der Waals surface area contributed by atoms with E-state index in [2.05, 4.69) is 34.3 Å². The van der Waals surface area contributed by atoms with Gasteiger partial charge in [-0.15, -0.1) is 0 Å². The van der Waals surface area contributed by atoms with E-state index in [1.54, 1.807) is 6.20 Å². The highest BCUT2D eigenvalue weighted by Gasteiger charge is 2.11. The van der Waals surface area contributed by atoms with Gasteiger partial charge in [-0.3, -0.25) is 0 Å². The van der Waals surface area contributed by atoms with E-state index in [0.29, 0.717) is 18.5 Å². The minimum absolute atomic E-state index is 0.280. The molecule has 0 aromatic carbocycles. The van der Waals surface area contributed by atoms with Gasteiger partial charge in [-0.1, -0.05) is 32.9 Å². The first-order valence-corrected chi connectivity index (χ1v) is 6.62. The molecule has 6 heteroatoms. The van der Waals surface area contributed by atoms with Gasteiger partial charge in [-0.05, 0) is 0 Å². The summed E-state index contributed by atoms with van der Waals surface area (Å²) in [5.74, 6) is 2.62. The molecule has 0 saturated carbocycles. The van der Waals surface area contributed by atoms with Gasteiger partial charge >= 0.3 is 0 Å². The molecule has 0 atom stereocenters. The smallest absolute Gasteiger partial charge is 0.246 e. The Balaban J connectivity index is 2.04. The van der Waals surface area contributed by atoms with E-state index in [1.165, 1.54) is 0 Å². The van der Waals surface area contributed by atoms with Crippen LogP contribution >= 0.6 is 0 Å². The third kappa shape index (κ3) is 3.64. The summed E-state index contributed by atoms with van der Waals surface area (Å²) in [4.78, 5) is 8.71. The van der Waals surface area contributed by atoms with Crippen molar-refractivity contribution >= 4 is 0 Å². The average molecular weight is 263 g/mol. The molecule has 1 N–H and O–H groups in total. The number of aromatic nitrogens is 4. The fraction of sp³-hybridized carbons (Fsp3) is 0.615. The second-order valence-electron chi connectivity index (χ2n) is 5.21. The van der Waals surface area contributed by atoms with Crippen molar-refractivity contribution in [1.29, 1.82) is 0 Å². The van der Waals surface area contributed by atoms with Gasteiger partial charge in [0, 0.05) is 24.4 Å². The van der Waals surface area contributed by atoms with E-state index in [-0.39, 0.29) is 5.92 Å². The maximum atomic E-state index is 5.25. The maximum absolute atomic E-state index is 5.25. The summed E-state index contributed by atoms with van der Waals surface area (Å²) in [6, 6.07) is 0.432. The monoisotopic (exact) mass is 263 g/mol. The van der Waals surface area contributed by atoms with Crippen molar-refractivity contribution in [2.24, 2.45) is 0 Å². The van der Waals surface area contributed by atoms with Crippen molar-refractivity contribution in [3.63, 3.8) is 0 Å². The lowest BCUT2D eigenvalue weighted by atomic mass is 10.2. The third-order valence-corrected chi connectivity index (χ3v) is 2.78. The van der Waals surface area contributed by atoms with E-state index in [0.717, 1.165) is 18.2 Å². The predicted molar refractivity (Wildman–Crippen MR) is 71.7 cm³/mol. The lowest BCUT2D eigenvalue weighted by Crippen LogP contribution is -2.24. The van der Waals surface area contributed by atoms with Crippen LogP contribution in [0.4, 0.5) is 0 Å². The summed E-state index contributed by atoms with van der Waals surface area (Å²) in [6.07, 6.45) is 3.72. The summed E-state index contributed by atoms with van der Waals surface area (Å²) in [5.41, 5.74) is 0. The van der Waals surface area contributed by atoms with Gasteiger partial charge in [0.2, 0.25) is 5.89 Å². The van der Waals surface area contributed by atoms with E-state index in [9.17, 15) is 0 Å². The van der Waals surface area contributed by atoms with Gasteiger partial charge in [0.05, 0.1) is 6.54 Å². The molecule has 0 fully saturated rings. The minimum atomic E-state index is 0.280. The Kier molecular flexibility index (Phi) is 4.31. The zero-order valence-corrected chi connectivity index (χ0v) is 11.9. The molecule has 0 amide bonds. The largest absolute Gasteiger partial charge is 0.337 e. The van der Waals surface area contributed by atoms with Gasteiger partial charge in [-0.2, -0.15) is 4.98 Å². The predicted octanol–water partition coefficient (Wildman–Crippen LogP) is 1.94. The van der Waals surface area contributed by atoms with Gasteiger partial charge in [-0.25, -0.2) is 4.98 Å². The molecular formula is C13H21N5O. The maximum Gasteiger partial charge on any atom is 0.246 e. The van der Waals surface area contributed by atoms with E-state index in [1.807, 2.05) is 24.6 Å². The third-order valence-electron chi connectivity index (χ3n) is 2.78. The van der Waals surface area contributed by atoms with Crippen LogP contribution in [-0.4, -0.2) is 25.7 Å². The molecule has 6 nitrogen and oxygen atoms in total. The highest BCUT2D eigenvalue weighted by Crippen LogP contribution is 2.11. The van der Waals surface area contributed by atoms with Crippen LogP contribution in [0.5, 0.6) is 0 Å². The molecule has 0 spiro atoms. The van der Waals surface area contributed by atoms with Gasteiger partial charge in [0.1, 0.15) is 12.4 Å². The molecule has 0 aliphatic rings. The molecule has 104 valence electrons. The number of imidazole rings is 1. The summed E-state index contributed by atoms with van der Waals surface area (Å²) in [5, 5.41) is 7.31. The van der Waals surface area contributed by atoms with Crippen molar-refractivity contribution in [1.82, 2.24) is 25.0 Å². The number of hydrogen-bond donors (Lipinski definition) is 1. The Morgan fingerprint density at radius 2 is 2.11 bits per heavy atom. The van der Waals surface area contributed by atoms with Crippen molar-refractivity contribution in [3.05, 3.63) is 29.9 Å². The molecule has 0 aliphatic heterocycles. The van der Waals surface area contributed by atoms with Crippen LogP contribution in [0.1, 0.15) is 51.2 Å². The number of rotatable bonds is 6. The number of nitrogens with zero attached hydrogens (tertiary/aromatic N) is 4. The summed E-state index contributed by atoms with van der Waals surface area (Å²) < 4.78 is 7.27. The van der Waals surface area contributed by atoms with Crippen LogP contribution in [0.3, 0.4) is 0 Å². The lowest BCUT2D eigenvalue weighted by molar-refractivity contribution is 0.362. The SMILES string of the molecule is CC(C)NCc1nccn1Cc1nc(C(C)C)no1. The Morgan fingerprint density at radius 1 is 1.32 bits per heavy atom. The topological polar surface area (TPSA) is 68.8 Å². The second-order valence-corrected chi connectivity index (χ2v) is 5.21. The molecule has 0 saturated heterocycles. The molecule has 2 aromatic heterocycles. The van der Waals surface area contributed by atoms with Crippen LogP contribution in [0.15, 0.2) is 16.9 Å². The highest BCUT2D eigenvalue weighted by molar-refractivity contribution is 4.97. The first-order chi connectivity index (χ1) is 9.06. The zero-order valence-electron chi connectivity index (χ0n) is 11.9. The van der Waals surface area contributed by atoms with Gasteiger partial charge in [0.15, 0.2) is 5.82 Å². The Morgan fingerprint density at radius 3 is 2.74 bits per heavy atom. The lowest BCUT2D eigenvalue weighted by Gasteiger charge is -2.09. The van der Waals surface area contributed by atoms with Crippen molar-refractivity contribution in [2.45, 2.75) is 52.7 Å². The summed E-state index contributed by atoms with van der Waals surface area (Å²) in [6.45, 7) is 9.61. The minimum Gasteiger partial charge on any atom is -0.337 e. The van der Waals surface area contributed by atoms with Crippen molar-refractivity contribution < 1.29 is 4.52 Å². The van der Waals surface area contributed by atoms with Crippen molar-refractivity contribution in [2.75, 3.05) is 0 Å². The molecule has 0 bridgehead atoms. The van der Waals surface area contributed by atoms with Crippen LogP contribution < -0.4 is 5.32 Å². The molecule has 19 heavy (non-hydrogen) atoms. The van der Waals surface area contributed by atoms with Crippen LogP contribution in [0.25, 0.3) is 0 Å². The quantitative estimate of drug-likeness (QED) is 0.862. The van der Waals surface area contributed by atoms with Crippen molar-refractivity contribution in [3.8, 4) is 0 Å². The Hall–Kier alpha value is -1.69. The first-order valence-electron chi connectivity index (χ1n) is 6.62. The fourth-order valence-corrected chi connectivity index (χ4v) is 1.66. The normalized spacial score (nSPS) is 11.7. The summed E-state index contributed by atoms with van der Waals surface area (Å²) >= 11 is 0. The van der Waals surface area contributed by atoms with Crippen LogP contribution in [0.2, 0.25) is 0 Å². The van der Waals surface area contributed by atoms with Crippen LogP contribution in [0, 0.1) is 0 Å². The first kappa shape index (κ1) is 13.7. The Labute approximate surface area is 113 Å². The highest BCUT2D eigenvalue weighted by atomic mass is 16.5. The number of nitrogens with one attached hydrogen (secondary N) is 1. The Bertz CT molecular complexity index is 515. The van der Waals surface area contributed by atoms with Gasteiger partial charge < -0.3 is 14.4 Å². The molecule has 2 heterocycles. The van der Waals surface area contributed by atoms with E-state index < -0.39 is 0 Å². The average Bonchev–Trinajstić information content (AvgIpc) is 2.96. The van der Waals surface area contributed by atoms with Crippen LogP contribution in [-0.2, 0) is 13.1 Å². The zero-order chi connectivity index (χ0) is 13.8.